The van der Waals surface area contributed by atoms with Crippen LogP contribution in [0.5, 0.6) is 11.6 Å². The van der Waals surface area contributed by atoms with Crippen LogP contribution in [0.15, 0.2) is 24.5 Å². The number of aryl methyl sites for hydroxylation is 1. The van der Waals surface area contributed by atoms with Crippen LogP contribution >= 0.6 is 0 Å². The molecule has 8 heteroatoms. The number of hydrazine groups is 1. The Morgan fingerprint density at radius 3 is 2.81 bits per heavy atom. The van der Waals surface area contributed by atoms with Crippen LogP contribution < -0.4 is 16.0 Å². The maximum absolute atomic E-state index is 11.1. The number of hydrogen-bond donors (Lipinski definition) is 2. The molecule has 110 valence electrons. The largest absolute Gasteiger partial charge is 0.431 e. The molecule has 2 rings (SSSR count). The average Bonchev–Trinajstić information content (AvgIpc) is 2.49. The van der Waals surface area contributed by atoms with Crippen molar-refractivity contribution in [2.24, 2.45) is 5.84 Å². The van der Waals surface area contributed by atoms with Crippen molar-refractivity contribution in [2.75, 3.05) is 5.43 Å². The summed E-state index contributed by atoms with van der Waals surface area (Å²) < 4.78 is 5.56. The van der Waals surface area contributed by atoms with Gasteiger partial charge >= 0.3 is 5.69 Å². The summed E-state index contributed by atoms with van der Waals surface area (Å²) in [4.78, 5) is 18.6. The highest BCUT2D eigenvalue weighted by atomic mass is 16.6. The molecule has 0 aliphatic heterocycles. The number of nitrogens with zero attached hydrogens (tertiary/aromatic N) is 3. The molecule has 1 aromatic carbocycles. The van der Waals surface area contributed by atoms with Crippen LogP contribution in [0.25, 0.3) is 0 Å². The summed E-state index contributed by atoms with van der Waals surface area (Å²) in [6.45, 7) is 3.63. The molecule has 8 nitrogen and oxygen atoms in total. The molecule has 0 saturated carbocycles. The topological polar surface area (TPSA) is 116 Å². The van der Waals surface area contributed by atoms with Crippen LogP contribution in [-0.2, 0) is 6.42 Å². The summed E-state index contributed by atoms with van der Waals surface area (Å²) >= 11 is 0. The van der Waals surface area contributed by atoms with E-state index in [2.05, 4.69) is 15.4 Å². The Balaban J connectivity index is 2.42. The highest BCUT2D eigenvalue weighted by Crippen LogP contribution is 2.33. The smallest absolute Gasteiger partial charge is 0.311 e. The molecule has 1 aromatic heterocycles. The Labute approximate surface area is 121 Å². The molecule has 3 N–H and O–H groups in total. The first-order valence-corrected chi connectivity index (χ1v) is 6.30. The maximum Gasteiger partial charge on any atom is 0.311 e. The summed E-state index contributed by atoms with van der Waals surface area (Å²) in [6, 6.07) is 4.84. The average molecular weight is 289 g/mol. The SMILES string of the molecule is CCc1ccc(Oc2ncnc(NN)c2C)c([N+](=O)[O-])c1. The van der Waals surface area contributed by atoms with Crippen molar-refractivity contribution >= 4 is 11.5 Å². The van der Waals surface area contributed by atoms with Crippen LogP contribution in [0.2, 0.25) is 0 Å². The van der Waals surface area contributed by atoms with Gasteiger partial charge in [-0.25, -0.2) is 15.8 Å². The lowest BCUT2D eigenvalue weighted by atomic mass is 10.1. The Bertz CT molecular complexity index is 675. The molecule has 21 heavy (non-hydrogen) atoms. The molecule has 0 radical (unpaired) electrons. The van der Waals surface area contributed by atoms with Crippen molar-refractivity contribution in [3.05, 3.63) is 45.8 Å². The first-order valence-electron chi connectivity index (χ1n) is 6.30. The summed E-state index contributed by atoms with van der Waals surface area (Å²) in [5.41, 5.74) is 3.73. The Morgan fingerprint density at radius 2 is 2.19 bits per heavy atom. The third-order valence-electron chi connectivity index (χ3n) is 3.01. The minimum atomic E-state index is -0.479. The van der Waals surface area contributed by atoms with E-state index >= 15 is 0 Å². The fourth-order valence-electron chi connectivity index (χ4n) is 1.80. The van der Waals surface area contributed by atoms with Gasteiger partial charge in [0.2, 0.25) is 11.6 Å². The third kappa shape index (κ3) is 3.06. The van der Waals surface area contributed by atoms with Gasteiger partial charge in [-0.1, -0.05) is 13.0 Å². The molecular formula is C13H15N5O3. The second-order valence-electron chi connectivity index (χ2n) is 4.31. The van der Waals surface area contributed by atoms with Crippen LogP contribution in [0, 0.1) is 17.0 Å². The molecule has 1 heterocycles. The fourth-order valence-corrected chi connectivity index (χ4v) is 1.80. The molecule has 0 aliphatic carbocycles. The van der Waals surface area contributed by atoms with Crippen molar-refractivity contribution in [1.82, 2.24) is 9.97 Å². The summed E-state index contributed by atoms with van der Waals surface area (Å²) in [5, 5.41) is 11.1. The van der Waals surface area contributed by atoms with E-state index in [4.69, 9.17) is 10.6 Å². The normalized spacial score (nSPS) is 10.2. The number of nitrogen functional groups attached to an aromatic ring is 1. The summed E-state index contributed by atoms with van der Waals surface area (Å²) in [5.74, 6) is 6.06. The Morgan fingerprint density at radius 1 is 1.43 bits per heavy atom. The predicted molar refractivity (Wildman–Crippen MR) is 77.1 cm³/mol. The van der Waals surface area contributed by atoms with Crippen LogP contribution in [0.4, 0.5) is 11.5 Å². The molecule has 0 aliphatic rings. The highest BCUT2D eigenvalue weighted by molar-refractivity contribution is 5.53. The van der Waals surface area contributed by atoms with Crippen LogP contribution in [0.1, 0.15) is 18.1 Å². The van der Waals surface area contributed by atoms with E-state index in [9.17, 15) is 10.1 Å². The molecule has 0 spiro atoms. The molecule has 0 saturated heterocycles. The number of nitro groups is 1. The maximum atomic E-state index is 11.1. The van der Waals surface area contributed by atoms with E-state index in [0.717, 1.165) is 5.56 Å². The molecule has 0 fully saturated rings. The van der Waals surface area contributed by atoms with E-state index in [1.807, 2.05) is 6.92 Å². The number of benzene rings is 1. The number of nitro benzene ring substituents is 1. The highest BCUT2D eigenvalue weighted by Gasteiger charge is 2.18. The van der Waals surface area contributed by atoms with Crippen molar-refractivity contribution < 1.29 is 9.66 Å². The van der Waals surface area contributed by atoms with E-state index in [1.165, 1.54) is 12.4 Å². The second-order valence-corrected chi connectivity index (χ2v) is 4.31. The van der Waals surface area contributed by atoms with E-state index in [1.54, 1.807) is 19.1 Å². The minimum Gasteiger partial charge on any atom is -0.431 e. The quantitative estimate of drug-likeness (QED) is 0.493. The van der Waals surface area contributed by atoms with Gasteiger partial charge in [-0.05, 0) is 25.0 Å². The van der Waals surface area contributed by atoms with E-state index in [-0.39, 0.29) is 17.3 Å². The van der Waals surface area contributed by atoms with Crippen molar-refractivity contribution in [3.63, 3.8) is 0 Å². The standard InChI is InChI=1S/C13H15N5O3/c1-3-9-4-5-11(10(6-9)18(19)20)21-13-8(2)12(17-14)15-7-16-13/h4-7H,3,14H2,1-2H3,(H,15,16,17). The fraction of sp³-hybridized carbons (Fsp3) is 0.231. The van der Waals surface area contributed by atoms with Gasteiger partial charge in [0.05, 0.1) is 10.5 Å². The first kappa shape index (κ1) is 14.7. The predicted octanol–water partition coefficient (Wildman–Crippen LogP) is 2.33. The number of hydrogen-bond acceptors (Lipinski definition) is 7. The van der Waals surface area contributed by atoms with Crippen LogP contribution in [0.3, 0.4) is 0 Å². The van der Waals surface area contributed by atoms with Gasteiger partial charge in [0, 0.05) is 6.07 Å². The number of anilines is 1. The summed E-state index contributed by atoms with van der Waals surface area (Å²) in [6.07, 6.45) is 1.97. The van der Waals surface area contributed by atoms with Gasteiger partial charge in [0.1, 0.15) is 12.1 Å². The monoisotopic (exact) mass is 289 g/mol. The van der Waals surface area contributed by atoms with Gasteiger partial charge in [-0.15, -0.1) is 0 Å². The number of nitrogens with two attached hydrogens (primary N) is 1. The van der Waals surface area contributed by atoms with Gasteiger partial charge < -0.3 is 10.2 Å². The second kappa shape index (κ2) is 6.14. The molecule has 0 atom stereocenters. The van der Waals surface area contributed by atoms with Crippen molar-refractivity contribution in [3.8, 4) is 11.6 Å². The number of rotatable bonds is 5. The zero-order valence-electron chi connectivity index (χ0n) is 11.7. The lowest BCUT2D eigenvalue weighted by Crippen LogP contribution is -2.11. The van der Waals surface area contributed by atoms with Gasteiger partial charge in [-0.2, -0.15) is 0 Å². The minimum absolute atomic E-state index is 0.102. The molecule has 0 unspecified atom stereocenters. The number of nitrogens with one attached hydrogen (secondary N) is 1. The lowest BCUT2D eigenvalue weighted by Gasteiger charge is -2.10. The summed E-state index contributed by atoms with van der Waals surface area (Å²) in [7, 11) is 0. The van der Waals surface area contributed by atoms with Gasteiger partial charge in [0.25, 0.3) is 0 Å². The van der Waals surface area contributed by atoms with E-state index in [0.29, 0.717) is 17.8 Å². The molecule has 0 amide bonds. The Hall–Kier alpha value is -2.74. The van der Waals surface area contributed by atoms with Crippen molar-refractivity contribution in [1.29, 1.82) is 0 Å². The van der Waals surface area contributed by atoms with Crippen molar-refractivity contribution in [2.45, 2.75) is 20.3 Å². The first-order chi connectivity index (χ1) is 10.1. The molecular weight excluding hydrogens is 274 g/mol. The van der Waals surface area contributed by atoms with Gasteiger partial charge in [0.15, 0.2) is 0 Å². The number of ether oxygens (including phenoxy) is 1. The zero-order valence-corrected chi connectivity index (χ0v) is 11.7. The molecule has 2 aromatic rings. The van der Waals surface area contributed by atoms with Gasteiger partial charge in [-0.3, -0.25) is 10.1 Å². The number of aromatic nitrogens is 2. The molecule has 0 bridgehead atoms. The van der Waals surface area contributed by atoms with E-state index < -0.39 is 4.92 Å². The van der Waals surface area contributed by atoms with Crippen LogP contribution in [-0.4, -0.2) is 14.9 Å². The zero-order chi connectivity index (χ0) is 15.4. The Kier molecular flexibility index (Phi) is 4.29. The third-order valence-corrected chi connectivity index (χ3v) is 3.01. The lowest BCUT2D eigenvalue weighted by molar-refractivity contribution is -0.385.